The van der Waals surface area contributed by atoms with Crippen LogP contribution >= 0.6 is 0 Å². The third-order valence-electron chi connectivity index (χ3n) is 3.42. The molecule has 1 aromatic heterocycles. The van der Waals surface area contributed by atoms with Gasteiger partial charge in [-0.3, -0.25) is 9.78 Å². The molecule has 0 fully saturated rings. The fourth-order valence-corrected chi connectivity index (χ4v) is 2.24. The second-order valence-corrected chi connectivity index (χ2v) is 5.29. The Morgan fingerprint density at radius 2 is 1.65 bits per heavy atom. The summed E-state index contributed by atoms with van der Waals surface area (Å²) in [5.74, 6) is -0.307. The SMILES string of the molecule is O=C(Nc1ccc(Oc2ccccc2)cc1C(F)(F)F)c1ccccn1. The van der Waals surface area contributed by atoms with Crippen LogP contribution in [-0.4, -0.2) is 10.9 Å². The third kappa shape index (κ3) is 4.18. The van der Waals surface area contributed by atoms with E-state index in [0.717, 1.165) is 12.1 Å². The molecule has 1 N–H and O–H groups in total. The molecule has 132 valence electrons. The van der Waals surface area contributed by atoms with Crippen LogP contribution in [0.4, 0.5) is 18.9 Å². The molecule has 7 heteroatoms. The average molecular weight is 358 g/mol. The van der Waals surface area contributed by atoms with Crippen LogP contribution in [0.3, 0.4) is 0 Å². The van der Waals surface area contributed by atoms with Crippen molar-refractivity contribution in [3.63, 3.8) is 0 Å². The standard InChI is InChI=1S/C19H13F3N2O2/c20-19(21,22)15-12-14(26-13-6-2-1-3-7-13)9-10-16(15)24-18(25)17-8-4-5-11-23-17/h1-12H,(H,24,25). The van der Waals surface area contributed by atoms with Gasteiger partial charge in [0.15, 0.2) is 0 Å². The van der Waals surface area contributed by atoms with Gasteiger partial charge in [-0.2, -0.15) is 13.2 Å². The van der Waals surface area contributed by atoms with E-state index < -0.39 is 17.6 Å². The number of pyridine rings is 1. The van der Waals surface area contributed by atoms with Gasteiger partial charge in [-0.05, 0) is 42.5 Å². The lowest BCUT2D eigenvalue weighted by molar-refractivity contribution is -0.137. The highest BCUT2D eigenvalue weighted by atomic mass is 19.4. The summed E-state index contributed by atoms with van der Waals surface area (Å²) in [5.41, 5.74) is -1.35. The molecule has 26 heavy (non-hydrogen) atoms. The van der Waals surface area contributed by atoms with Gasteiger partial charge in [0, 0.05) is 6.20 Å². The zero-order valence-corrected chi connectivity index (χ0v) is 13.3. The summed E-state index contributed by atoms with van der Waals surface area (Å²) in [4.78, 5) is 15.9. The van der Waals surface area contributed by atoms with Crippen molar-refractivity contribution in [1.82, 2.24) is 4.98 Å². The zero-order valence-electron chi connectivity index (χ0n) is 13.3. The van der Waals surface area contributed by atoms with Crippen LogP contribution in [0.15, 0.2) is 72.9 Å². The van der Waals surface area contributed by atoms with Gasteiger partial charge in [0.05, 0.1) is 11.3 Å². The molecule has 2 aromatic carbocycles. The molecular formula is C19H13F3N2O2. The highest BCUT2D eigenvalue weighted by molar-refractivity contribution is 6.03. The number of ether oxygens (including phenoxy) is 1. The lowest BCUT2D eigenvalue weighted by atomic mass is 10.1. The molecule has 3 rings (SSSR count). The summed E-state index contributed by atoms with van der Waals surface area (Å²) in [6, 6.07) is 16.4. The number of carbonyl (C=O) groups excluding carboxylic acids is 1. The monoisotopic (exact) mass is 358 g/mol. The third-order valence-corrected chi connectivity index (χ3v) is 3.42. The first kappa shape index (κ1) is 17.5. The van der Waals surface area contributed by atoms with Gasteiger partial charge in [0.2, 0.25) is 0 Å². The minimum Gasteiger partial charge on any atom is -0.457 e. The lowest BCUT2D eigenvalue weighted by Gasteiger charge is -2.15. The summed E-state index contributed by atoms with van der Waals surface area (Å²) in [7, 11) is 0. The van der Waals surface area contributed by atoms with E-state index in [4.69, 9.17) is 4.74 Å². The second-order valence-electron chi connectivity index (χ2n) is 5.29. The summed E-state index contributed by atoms with van der Waals surface area (Å²) in [5, 5.41) is 2.25. The maximum absolute atomic E-state index is 13.4. The first-order valence-corrected chi connectivity index (χ1v) is 7.60. The number of para-hydroxylation sites is 1. The molecule has 0 radical (unpaired) electrons. The number of carbonyl (C=O) groups is 1. The smallest absolute Gasteiger partial charge is 0.418 e. The van der Waals surface area contributed by atoms with Gasteiger partial charge in [-0.25, -0.2) is 0 Å². The van der Waals surface area contributed by atoms with Crippen LogP contribution in [0.5, 0.6) is 11.5 Å². The first-order chi connectivity index (χ1) is 12.4. The second kappa shape index (κ2) is 7.26. The molecule has 0 spiro atoms. The molecule has 0 aliphatic heterocycles. The summed E-state index contributed by atoms with van der Waals surface area (Å²) in [6.45, 7) is 0. The zero-order chi connectivity index (χ0) is 18.6. The average Bonchev–Trinajstić information content (AvgIpc) is 2.63. The van der Waals surface area contributed by atoms with E-state index in [1.807, 2.05) is 0 Å². The molecule has 1 amide bonds. The Balaban J connectivity index is 1.89. The Morgan fingerprint density at radius 1 is 0.923 bits per heavy atom. The largest absolute Gasteiger partial charge is 0.457 e. The van der Waals surface area contributed by atoms with Crippen molar-refractivity contribution in [3.8, 4) is 11.5 Å². The number of halogens is 3. The Labute approximate surface area is 147 Å². The van der Waals surface area contributed by atoms with E-state index >= 15 is 0 Å². The number of nitrogens with one attached hydrogen (secondary N) is 1. The van der Waals surface area contributed by atoms with E-state index in [2.05, 4.69) is 10.3 Å². The normalized spacial score (nSPS) is 11.0. The minimum atomic E-state index is -4.66. The molecule has 0 saturated carbocycles. The maximum Gasteiger partial charge on any atom is 0.418 e. The molecule has 0 saturated heterocycles. The molecular weight excluding hydrogens is 345 g/mol. The fourth-order valence-electron chi connectivity index (χ4n) is 2.24. The minimum absolute atomic E-state index is 0.0133. The van der Waals surface area contributed by atoms with Crippen LogP contribution in [0.25, 0.3) is 0 Å². The highest BCUT2D eigenvalue weighted by Gasteiger charge is 2.34. The Kier molecular flexibility index (Phi) is 4.88. The first-order valence-electron chi connectivity index (χ1n) is 7.60. The van der Waals surface area contributed by atoms with E-state index in [-0.39, 0.29) is 17.1 Å². The summed E-state index contributed by atoms with van der Waals surface area (Å²) < 4.78 is 45.6. The molecule has 3 aromatic rings. The van der Waals surface area contributed by atoms with Crippen LogP contribution in [0.2, 0.25) is 0 Å². The van der Waals surface area contributed by atoms with Gasteiger partial charge >= 0.3 is 6.18 Å². The van der Waals surface area contributed by atoms with Crippen LogP contribution in [-0.2, 0) is 6.18 Å². The number of amides is 1. The van der Waals surface area contributed by atoms with Gasteiger partial charge in [0.25, 0.3) is 5.91 Å². The molecule has 0 atom stereocenters. The molecule has 0 aliphatic rings. The molecule has 1 heterocycles. The number of benzene rings is 2. The van der Waals surface area contributed by atoms with Crippen molar-refractivity contribution in [1.29, 1.82) is 0 Å². The van der Waals surface area contributed by atoms with Crippen molar-refractivity contribution >= 4 is 11.6 Å². The predicted molar refractivity (Wildman–Crippen MR) is 90.2 cm³/mol. The van der Waals surface area contributed by atoms with E-state index in [0.29, 0.717) is 5.75 Å². The fraction of sp³-hybridized carbons (Fsp3) is 0.0526. The number of alkyl halides is 3. The van der Waals surface area contributed by atoms with Crippen LogP contribution < -0.4 is 10.1 Å². The quantitative estimate of drug-likeness (QED) is 0.702. The van der Waals surface area contributed by atoms with E-state index in [1.165, 1.54) is 18.3 Å². The number of hydrogen-bond donors (Lipinski definition) is 1. The molecule has 0 bridgehead atoms. The Hall–Kier alpha value is -3.35. The maximum atomic E-state index is 13.4. The molecule has 4 nitrogen and oxygen atoms in total. The van der Waals surface area contributed by atoms with Crippen molar-refractivity contribution in [2.24, 2.45) is 0 Å². The summed E-state index contributed by atoms with van der Waals surface area (Å²) >= 11 is 0. The number of hydrogen-bond acceptors (Lipinski definition) is 3. The topological polar surface area (TPSA) is 51.2 Å². The summed E-state index contributed by atoms with van der Waals surface area (Å²) in [6.07, 6.45) is -3.28. The van der Waals surface area contributed by atoms with Crippen LogP contribution in [0, 0.1) is 0 Å². The van der Waals surface area contributed by atoms with Crippen molar-refractivity contribution in [3.05, 3.63) is 84.2 Å². The number of nitrogens with zero attached hydrogens (tertiary/aromatic N) is 1. The van der Waals surface area contributed by atoms with Gasteiger partial charge < -0.3 is 10.1 Å². The van der Waals surface area contributed by atoms with Gasteiger partial charge in [-0.15, -0.1) is 0 Å². The van der Waals surface area contributed by atoms with Gasteiger partial charge in [0.1, 0.15) is 17.2 Å². The van der Waals surface area contributed by atoms with E-state index in [1.54, 1.807) is 42.5 Å². The lowest BCUT2D eigenvalue weighted by Crippen LogP contribution is -2.17. The number of rotatable bonds is 4. The predicted octanol–water partition coefficient (Wildman–Crippen LogP) is 5.15. The van der Waals surface area contributed by atoms with Crippen molar-refractivity contribution < 1.29 is 22.7 Å². The number of aromatic nitrogens is 1. The molecule has 0 aliphatic carbocycles. The van der Waals surface area contributed by atoms with E-state index in [9.17, 15) is 18.0 Å². The van der Waals surface area contributed by atoms with Crippen molar-refractivity contribution in [2.45, 2.75) is 6.18 Å². The van der Waals surface area contributed by atoms with Crippen molar-refractivity contribution in [2.75, 3.05) is 5.32 Å². The Morgan fingerprint density at radius 3 is 2.31 bits per heavy atom. The Bertz CT molecular complexity index is 898. The van der Waals surface area contributed by atoms with Crippen LogP contribution in [0.1, 0.15) is 16.1 Å². The molecule has 0 unspecified atom stereocenters. The van der Waals surface area contributed by atoms with Gasteiger partial charge in [-0.1, -0.05) is 24.3 Å². The highest BCUT2D eigenvalue weighted by Crippen LogP contribution is 2.38. The number of anilines is 1.